The van der Waals surface area contributed by atoms with Gasteiger partial charge in [0.2, 0.25) is 15.9 Å². The van der Waals surface area contributed by atoms with E-state index in [9.17, 15) is 13.2 Å². The number of sulfonamides is 1. The summed E-state index contributed by atoms with van der Waals surface area (Å²) >= 11 is 0. The Bertz CT molecular complexity index is 259. The smallest absolute Gasteiger partial charge is 0.234 e. The van der Waals surface area contributed by atoms with Crippen molar-refractivity contribution >= 4 is 15.9 Å². The van der Waals surface area contributed by atoms with Crippen LogP contribution >= 0.6 is 0 Å². The topological polar surface area (TPSA) is 75.3 Å². The predicted octanol–water partition coefficient (Wildman–Crippen LogP) is -0.550. The molecule has 13 heavy (non-hydrogen) atoms. The molecule has 0 atom stereocenters. The quantitative estimate of drug-likeness (QED) is 0.635. The first-order valence-corrected chi connectivity index (χ1v) is 5.94. The molecular formula is C7H16N2O3S. The van der Waals surface area contributed by atoms with Crippen molar-refractivity contribution in [3.63, 3.8) is 0 Å². The van der Waals surface area contributed by atoms with Crippen LogP contribution in [0.25, 0.3) is 0 Å². The Labute approximate surface area is 79.0 Å². The third kappa shape index (κ3) is 9.29. The van der Waals surface area contributed by atoms with Crippen LogP contribution in [0.3, 0.4) is 0 Å². The van der Waals surface area contributed by atoms with E-state index in [1.165, 1.54) is 0 Å². The highest BCUT2D eigenvalue weighted by Crippen LogP contribution is 1.83. The highest BCUT2D eigenvalue weighted by Gasteiger charge is 2.07. The van der Waals surface area contributed by atoms with E-state index in [0.29, 0.717) is 12.6 Å². The van der Waals surface area contributed by atoms with E-state index in [1.807, 2.05) is 18.6 Å². The number of rotatable bonds is 5. The van der Waals surface area contributed by atoms with Crippen molar-refractivity contribution < 1.29 is 13.2 Å². The van der Waals surface area contributed by atoms with Crippen molar-refractivity contribution in [2.75, 3.05) is 12.8 Å². The second-order valence-corrected chi connectivity index (χ2v) is 4.90. The molecule has 0 fully saturated rings. The summed E-state index contributed by atoms with van der Waals surface area (Å²) < 4.78 is 23.1. The molecule has 78 valence electrons. The third-order valence-electron chi connectivity index (χ3n) is 1.20. The van der Waals surface area contributed by atoms with Crippen LogP contribution in [0.5, 0.6) is 0 Å². The summed E-state index contributed by atoms with van der Waals surface area (Å²) in [7, 11) is -3.40. The second kappa shape index (κ2) is 5.18. The average Bonchev–Trinajstić information content (AvgIpc) is 1.81. The van der Waals surface area contributed by atoms with Gasteiger partial charge in [-0.1, -0.05) is 13.8 Å². The van der Waals surface area contributed by atoms with Crippen molar-refractivity contribution in [3.8, 4) is 0 Å². The number of amides is 1. The molecule has 6 heteroatoms. The van der Waals surface area contributed by atoms with Gasteiger partial charge in [0.05, 0.1) is 6.26 Å². The molecule has 0 aromatic rings. The highest BCUT2D eigenvalue weighted by atomic mass is 32.2. The summed E-state index contributed by atoms with van der Waals surface area (Å²) in [6.07, 6.45) is 1.13. The lowest BCUT2D eigenvalue weighted by Gasteiger charge is -2.07. The molecule has 0 unspecified atom stereocenters. The Hall–Kier alpha value is -0.620. The molecule has 0 heterocycles. The Morgan fingerprint density at radius 3 is 2.31 bits per heavy atom. The number of carbonyl (C=O) groups is 1. The second-order valence-electron chi connectivity index (χ2n) is 3.16. The van der Waals surface area contributed by atoms with Crippen LogP contribution in [-0.4, -0.2) is 33.2 Å². The SMILES string of the molecule is CC(C)NCCC(=O)NS(C)(=O)=O. The summed E-state index contributed by atoms with van der Waals surface area (Å²) in [5, 5.41) is 3.01. The highest BCUT2D eigenvalue weighted by molar-refractivity contribution is 7.89. The van der Waals surface area contributed by atoms with Crippen molar-refractivity contribution in [2.45, 2.75) is 26.3 Å². The maximum absolute atomic E-state index is 10.9. The number of carbonyl (C=O) groups excluding carboxylic acids is 1. The van der Waals surface area contributed by atoms with Crippen LogP contribution in [0.1, 0.15) is 20.3 Å². The third-order valence-corrected chi connectivity index (χ3v) is 1.80. The fourth-order valence-electron chi connectivity index (χ4n) is 0.732. The lowest BCUT2D eigenvalue weighted by atomic mass is 10.3. The largest absolute Gasteiger partial charge is 0.314 e. The van der Waals surface area contributed by atoms with Gasteiger partial charge in [0, 0.05) is 19.0 Å². The molecule has 0 aliphatic rings. The van der Waals surface area contributed by atoms with Gasteiger partial charge in [-0.25, -0.2) is 8.42 Å². The Morgan fingerprint density at radius 1 is 1.38 bits per heavy atom. The average molecular weight is 208 g/mol. The minimum atomic E-state index is -3.40. The van der Waals surface area contributed by atoms with Crippen molar-refractivity contribution in [1.29, 1.82) is 0 Å². The minimum Gasteiger partial charge on any atom is -0.314 e. The van der Waals surface area contributed by atoms with Gasteiger partial charge in [-0.3, -0.25) is 9.52 Å². The molecule has 0 aliphatic heterocycles. The maximum Gasteiger partial charge on any atom is 0.234 e. The van der Waals surface area contributed by atoms with Crippen LogP contribution in [0.4, 0.5) is 0 Å². The molecule has 0 spiro atoms. The van der Waals surface area contributed by atoms with Gasteiger partial charge in [0.15, 0.2) is 0 Å². The van der Waals surface area contributed by atoms with Crippen LogP contribution in [0, 0.1) is 0 Å². The van der Waals surface area contributed by atoms with Crippen molar-refractivity contribution in [1.82, 2.24) is 10.0 Å². The maximum atomic E-state index is 10.9. The van der Waals surface area contributed by atoms with Crippen LogP contribution in [0.2, 0.25) is 0 Å². The van der Waals surface area contributed by atoms with E-state index in [0.717, 1.165) is 6.26 Å². The monoisotopic (exact) mass is 208 g/mol. The minimum absolute atomic E-state index is 0.172. The first-order chi connectivity index (χ1) is 5.81. The summed E-state index contributed by atoms with van der Waals surface area (Å²) in [5.74, 6) is -0.476. The van der Waals surface area contributed by atoms with Crippen molar-refractivity contribution in [3.05, 3.63) is 0 Å². The summed E-state index contributed by atoms with van der Waals surface area (Å²) in [5.41, 5.74) is 0. The van der Waals surface area contributed by atoms with Crippen LogP contribution in [-0.2, 0) is 14.8 Å². The van der Waals surface area contributed by atoms with Gasteiger partial charge in [0.25, 0.3) is 0 Å². The van der Waals surface area contributed by atoms with E-state index in [4.69, 9.17) is 0 Å². The molecule has 0 radical (unpaired) electrons. The molecule has 1 amide bonds. The normalized spacial score (nSPS) is 11.7. The molecule has 2 N–H and O–H groups in total. The van der Waals surface area contributed by atoms with E-state index in [2.05, 4.69) is 5.32 Å². The zero-order valence-electron chi connectivity index (χ0n) is 8.12. The molecule has 0 saturated heterocycles. The lowest BCUT2D eigenvalue weighted by Crippen LogP contribution is -2.33. The van der Waals surface area contributed by atoms with Gasteiger partial charge < -0.3 is 5.32 Å². The van der Waals surface area contributed by atoms with Gasteiger partial charge in [-0.2, -0.15) is 0 Å². The van der Waals surface area contributed by atoms with Crippen molar-refractivity contribution in [2.24, 2.45) is 0 Å². The van der Waals surface area contributed by atoms with Gasteiger partial charge in [-0.05, 0) is 0 Å². The fraction of sp³-hybridized carbons (Fsp3) is 0.857. The molecule has 0 bridgehead atoms. The predicted molar refractivity (Wildman–Crippen MR) is 50.7 cm³/mol. The molecular weight excluding hydrogens is 192 g/mol. The zero-order chi connectivity index (χ0) is 10.5. The standard InChI is InChI=1S/C7H16N2O3S/c1-6(2)8-5-4-7(10)9-13(3,11)12/h6,8H,4-5H2,1-3H3,(H,9,10). The Kier molecular flexibility index (Phi) is 4.94. The van der Waals surface area contributed by atoms with E-state index < -0.39 is 15.9 Å². The molecule has 0 saturated carbocycles. The number of hydrogen-bond acceptors (Lipinski definition) is 4. The molecule has 5 nitrogen and oxygen atoms in total. The van der Waals surface area contributed by atoms with E-state index in [1.54, 1.807) is 0 Å². The summed E-state index contributed by atoms with van der Waals surface area (Å²) in [6.45, 7) is 4.39. The molecule has 0 aromatic carbocycles. The lowest BCUT2D eigenvalue weighted by molar-refractivity contribution is -0.119. The molecule has 0 aliphatic carbocycles. The van der Waals surface area contributed by atoms with E-state index >= 15 is 0 Å². The summed E-state index contributed by atoms with van der Waals surface area (Å²) in [4.78, 5) is 10.9. The fourth-order valence-corrected chi connectivity index (χ4v) is 1.25. The van der Waals surface area contributed by atoms with Gasteiger partial charge in [0.1, 0.15) is 0 Å². The zero-order valence-corrected chi connectivity index (χ0v) is 8.94. The Morgan fingerprint density at radius 2 is 1.92 bits per heavy atom. The summed E-state index contributed by atoms with van der Waals surface area (Å²) in [6, 6.07) is 0.297. The first-order valence-electron chi connectivity index (χ1n) is 4.05. The first kappa shape index (κ1) is 12.4. The van der Waals surface area contributed by atoms with Gasteiger partial charge in [-0.15, -0.1) is 0 Å². The van der Waals surface area contributed by atoms with Gasteiger partial charge >= 0.3 is 0 Å². The Balaban J connectivity index is 3.65. The van der Waals surface area contributed by atoms with Crippen LogP contribution in [0.15, 0.2) is 0 Å². The number of hydrogen-bond donors (Lipinski definition) is 2. The van der Waals surface area contributed by atoms with Crippen LogP contribution < -0.4 is 10.0 Å². The molecule has 0 aromatic heterocycles. The number of nitrogens with one attached hydrogen (secondary N) is 2. The van der Waals surface area contributed by atoms with E-state index in [-0.39, 0.29) is 6.42 Å². The molecule has 0 rings (SSSR count).